The van der Waals surface area contributed by atoms with Gasteiger partial charge in [0.15, 0.2) is 0 Å². The van der Waals surface area contributed by atoms with Crippen molar-refractivity contribution < 1.29 is 14.4 Å². The summed E-state index contributed by atoms with van der Waals surface area (Å²) in [5, 5.41) is 1.28. The number of carbonyl (C=O) groups is 1. The quantitative estimate of drug-likeness (QED) is 0.659. The van der Waals surface area contributed by atoms with Crippen LogP contribution in [0.4, 0.5) is 0 Å². The third-order valence-electron chi connectivity index (χ3n) is 3.33. The predicted octanol–water partition coefficient (Wildman–Crippen LogP) is 1.15. The summed E-state index contributed by atoms with van der Waals surface area (Å²) in [6.07, 6.45) is 7.73. The number of amides is 1. The topological polar surface area (TPSA) is 38.8 Å². The van der Waals surface area contributed by atoms with Gasteiger partial charge in [-0.15, -0.1) is 0 Å². The fourth-order valence-electron chi connectivity index (χ4n) is 2.29. The minimum absolute atomic E-state index is 0.0255. The summed E-state index contributed by atoms with van der Waals surface area (Å²) in [4.78, 5) is 17.0. The molecule has 4 atom stereocenters. The second-order valence-electron chi connectivity index (χ2n) is 4.24. The van der Waals surface area contributed by atoms with Crippen LogP contribution >= 0.6 is 0 Å². The molecule has 0 spiro atoms. The Morgan fingerprint density at radius 1 is 1.31 bits per heavy atom. The van der Waals surface area contributed by atoms with E-state index in [9.17, 15) is 4.79 Å². The molecule has 0 radical (unpaired) electrons. The van der Waals surface area contributed by atoms with E-state index in [1.807, 2.05) is 31.2 Å². The van der Waals surface area contributed by atoms with Crippen LogP contribution in [-0.4, -0.2) is 37.3 Å². The molecule has 0 aromatic rings. The number of carbonyl (C=O) groups excluding carboxylic acids is 1. The smallest absolute Gasteiger partial charge is 0.252 e. The molecule has 0 aliphatic carbocycles. The van der Waals surface area contributed by atoms with Crippen molar-refractivity contribution in [1.82, 2.24) is 5.06 Å². The van der Waals surface area contributed by atoms with Crippen molar-refractivity contribution in [3.63, 3.8) is 0 Å². The molecule has 0 saturated carbocycles. The van der Waals surface area contributed by atoms with Gasteiger partial charge in [0, 0.05) is 13.0 Å². The van der Waals surface area contributed by atoms with Gasteiger partial charge in [0.1, 0.15) is 0 Å². The van der Waals surface area contributed by atoms with Crippen LogP contribution in [0.3, 0.4) is 0 Å². The van der Waals surface area contributed by atoms with E-state index in [1.165, 1.54) is 12.2 Å². The van der Waals surface area contributed by atoms with Crippen LogP contribution in [0, 0.1) is 11.8 Å². The van der Waals surface area contributed by atoms with Crippen molar-refractivity contribution in [3.8, 4) is 0 Å². The lowest BCUT2D eigenvalue weighted by Crippen LogP contribution is -2.38. The van der Waals surface area contributed by atoms with Crippen LogP contribution in [0.1, 0.15) is 6.92 Å². The van der Waals surface area contributed by atoms with Gasteiger partial charge in [0.05, 0.1) is 25.2 Å². The lowest BCUT2D eigenvalue weighted by Gasteiger charge is -2.23. The number of hydrogen-bond acceptors (Lipinski definition) is 3. The first-order valence-electron chi connectivity index (χ1n) is 5.47. The lowest BCUT2D eigenvalue weighted by atomic mass is 9.86. The van der Waals surface area contributed by atoms with E-state index >= 15 is 0 Å². The number of allylic oxidation sites excluding steroid dienone is 2. The SMILES string of the molecule is CON(C)C(=O)[C@@H]1[C@H](C)[C@H]2C=CC=C[C@@H]1O2. The first-order chi connectivity index (χ1) is 7.65. The maximum absolute atomic E-state index is 12.1. The molecule has 2 aliphatic heterocycles. The molecule has 1 fully saturated rings. The lowest BCUT2D eigenvalue weighted by molar-refractivity contribution is -0.175. The Hall–Kier alpha value is -1.13. The fourth-order valence-corrected chi connectivity index (χ4v) is 2.29. The van der Waals surface area contributed by atoms with Gasteiger partial charge in [-0.25, -0.2) is 5.06 Å². The van der Waals surface area contributed by atoms with E-state index in [0.717, 1.165) is 0 Å². The van der Waals surface area contributed by atoms with Gasteiger partial charge in [-0.3, -0.25) is 9.63 Å². The minimum atomic E-state index is -0.156. The molecule has 4 heteroatoms. The van der Waals surface area contributed by atoms with Gasteiger partial charge in [-0.05, 0) is 0 Å². The number of nitrogens with zero attached hydrogens (tertiary/aromatic N) is 1. The largest absolute Gasteiger partial charge is 0.366 e. The molecular weight excluding hydrogens is 206 g/mol. The van der Waals surface area contributed by atoms with E-state index in [2.05, 4.69) is 0 Å². The summed E-state index contributed by atoms with van der Waals surface area (Å²) >= 11 is 0. The van der Waals surface area contributed by atoms with E-state index in [4.69, 9.17) is 9.57 Å². The fraction of sp³-hybridized carbons (Fsp3) is 0.583. The number of ether oxygens (including phenoxy) is 1. The number of fused-ring (bicyclic) bond motifs is 2. The molecule has 16 heavy (non-hydrogen) atoms. The third-order valence-corrected chi connectivity index (χ3v) is 3.33. The highest BCUT2D eigenvalue weighted by molar-refractivity contribution is 5.79. The molecule has 2 heterocycles. The standard InChI is InChI=1S/C12H17NO3/c1-8-9-6-4-5-7-10(16-9)11(8)12(14)13(2)15-3/h4-11H,1-3H3/t8-,9-,10+,11-/m1/s1. The van der Waals surface area contributed by atoms with Gasteiger partial charge in [-0.2, -0.15) is 0 Å². The van der Waals surface area contributed by atoms with Crippen LogP contribution in [0.15, 0.2) is 24.3 Å². The highest BCUT2D eigenvalue weighted by Gasteiger charge is 2.45. The third kappa shape index (κ3) is 1.79. The molecule has 0 unspecified atom stereocenters. The number of hydroxylamine groups is 2. The summed E-state index contributed by atoms with van der Waals surface area (Å²) in [5.41, 5.74) is 0. The Labute approximate surface area is 95.5 Å². The average molecular weight is 223 g/mol. The van der Waals surface area contributed by atoms with E-state index in [1.54, 1.807) is 7.05 Å². The van der Waals surface area contributed by atoms with Gasteiger partial charge >= 0.3 is 0 Å². The molecule has 0 aromatic heterocycles. The molecule has 2 bridgehead atoms. The van der Waals surface area contributed by atoms with E-state index in [-0.39, 0.29) is 30.0 Å². The van der Waals surface area contributed by atoms with Crippen molar-refractivity contribution in [2.24, 2.45) is 11.8 Å². The Morgan fingerprint density at radius 2 is 1.94 bits per heavy atom. The van der Waals surface area contributed by atoms with E-state index in [0.29, 0.717) is 0 Å². The van der Waals surface area contributed by atoms with Crippen LogP contribution in [-0.2, 0) is 14.4 Å². The Bertz CT molecular complexity index is 337. The number of rotatable bonds is 2. The molecule has 0 aromatic carbocycles. The van der Waals surface area contributed by atoms with Crippen molar-refractivity contribution >= 4 is 5.91 Å². The summed E-state index contributed by atoms with van der Waals surface area (Å²) in [6.45, 7) is 2.04. The van der Waals surface area contributed by atoms with Crippen molar-refractivity contribution in [1.29, 1.82) is 0 Å². The molecule has 1 amide bonds. The van der Waals surface area contributed by atoms with Crippen molar-refractivity contribution in [2.45, 2.75) is 19.1 Å². The molecular formula is C12H17NO3. The second kappa shape index (κ2) is 4.39. The molecule has 2 aliphatic rings. The Kier molecular flexibility index (Phi) is 3.12. The molecule has 1 saturated heterocycles. The average Bonchev–Trinajstić information content (AvgIpc) is 2.47. The Morgan fingerprint density at radius 3 is 2.56 bits per heavy atom. The van der Waals surface area contributed by atoms with Gasteiger partial charge < -0.3 is 4.74 Å². The zero-order valence-electron chi connectivity index (χ0n) is 9.79. The molecule has 4 nitrogen and oxygen atoms in total. The van der Waals surface area contributed by atoms with Crippen LogP contribution < -0.4 is 0 Å². The molecule has 0 N–H and O–H groups in total. The first kappa shape index (κ1) is 11.4. The maximum Gasteiger partial charge on any atom is 0.252 e. The second-order valence-corrected chi connectivity index (χ2v) is 4.24. The first-order valence-corrected chi connectivity index (χ1v) is 5.47. The summed E-state index contributed by atoms with van der Waals surface area (Å²) in [7, 11) is 3.12. The van der Waals surface area contributed by atoms with Crippen molar-refractivity contribution in [3.05, 3.63) is 24.3 Å². The van der Waals surface area contributed by atoms with Crippen molar-refractivity contribution in [2.75, 3.05) is 14.2 Å². The minimum Gasteiger partial charge on any atom is -0.366 e. The zero-order chi connectivity index (χ0) is 11.7. The van der Waals surface area contributed by atoms with Crippen LogP contribution in [0.5, 0.6) is 0 Å². The number of hydrogen-bond donors (Lipinski definition) is 0. The molecule has 2 rings (SSSR count). The summed E-state index contributed by atoms with van der Waals surface area (Å²) in [6, 6.07) is 0. The normalized spacial score (nSPS) is 36.2. The Balaban J connectivity index is 2.19. The summed E-state index contributed by atoms with van der Waals surface area (Å²) in [5.74, 6) is -0.00472. The van der Waals surface area contributed by atoms with Crippen LogP contribution in [0.25, 0.3) is 0 Å². The highest BCUT2D eigenvalue weighted by atomic mass is 16.7. The molecule has 88 valence electrons. The zero-order valence-corrected chi connectivity index (χ0v) is 9.79. The maximum atomic E-state index is 12.1. The summed E-state index contributed by atoms with van der Waals surface area (Å²) < 4.78 is 5.79. The predicted molar refractivity (Wildman–Crippen MR) is 59.4 cm³/mol. The monoisotopic (exact) mass is 223 g/mol. The van der Waals surface area contributed by atoms with Crippen LogP contribution in [0.2, 0.25) is 0 Å². The van der Waals surface area contributed by atoms with Gasteiger partial charge in [0.25, 0.3) is 5.91 Å². The van der Waals surface area contributed by atoms with E-state index < -0.39 is 0 Å². The van der Waals surface area contributed by atoms with Gasteiger partial charge in [-0.1, -0.05) is 31.2 Å². The van der Waals surface area contributed by atoms with Gasteiger partial charge in [0.2, 0.25) is 0 Å². The highest BCUT2D eigenvalue weighted by Crippen LogP contribution is 2.36.